The third-order valence-electron chi connectivity index (χ3n) is 21.7. The van der Waals surface area contributed by atoms with Crippen LogP contribution in [-0.4, -0.2) is 244 Å². The number of aliphatic hydroxyl groups is 14. The number of rotatable bonds is 18. The molecule has 452 valence electrons. The van der Waals surface area contributed by atoms with E-state index in [-0.39, 0.29) is 35.5 Å². The van der Waals surface area contributed by atoms with Crippen LogP contribution in [0, 0.1) is 44.8 Å². The summed E-state index contributed by atoms with van der Waals surface area (Å²) < 4.78 is 48.9. The van der Waals surface area contributed by atoms with E-state index in [2.05, 4.69) is 48.1 Å². The molecule has 4 aliphatic heterocycles. The minimum absolute atomic E-state index is 0.000938. The third-order valence-corrected chi connectivity index (χ3v) is 21.7. The molecule has 15 N–H and O–H groups in total. The first kappa shape index (κ1) is 62.8. The maximum Gasteiger partial charge on any atom is 0.187 e. The first-order chi connectivity index (χ1) is 36.4. The molecule has 0 bridgehead atoms. The van der Waals surface area contributed by atoms with Crippen LogP contribution in [0.4, 0.5) is 0 Å². The van der Waals surface area contributed by atoms with Crippen molar-refractivity contribution in [2.75, 3.05) is 26.4 Å². The van der Waals surface area contributed by atoms with Crippen LogP contribution >= 0.6 is 0 Å². The maximum absolute atomic E-state index is 13.0. The van der Waals surface area contributed by atoms with Crippen molar-refractivity contribution in [1.82, 2.24) is 0 Å². The fourth-order valence-corrected chi connectivity index (χ4v) is 16.7. The van der Waals surface area contributed by atoms with E-state index in [1.807, 2.05) is 6.92 Å². The van der Waals surface area contributed by atoms with E-state index < -0.39 is 189 Å². The molecule has 8 fully saturated rings. The molecular formula is C54H92O24. The van der Waals surface area contributed by atoms with Gasteiger partial charge in [0.15, 0.2) is 25.2 Å². The average Bonchev–Trinajstić information content (AvgIpc) is 3.93. The van der Waals surface area contributed by atoms with Gasteiger partial charge in [0.1, 0.15) is 97.7 Å². The lowest BCUT2D eigenvalue weighted by atomic mass is 9.34. The predicted molar refractivity (Wildman–Crippen MR) is 268 cm³/mol. The van der Waals surface area contributed by atoms with E-state index in [4.69, 9.17) is 42.8 Å². The smallest absolute Gasteiger partial charge is 0.187 e. The van der Waals surface area contributed by atoms with Gasteiger partial charge in [-0.25, -0.2) is 4.89 Å². The van der Waals surface area contributed by atoms with Gasteiger partial charge in [-0.15, -0.1) is 0 Å². The van der Waals surface area contributed by atoms with Crippen molar-refractivity contribution in [3.8, 4) is 0 Å². The van der Waals surface area contributed by atoms with E-state index in [1.165, 1.54) is 0 Å². The van der Waals surface area contributed by atoms with Crippen LogP contribution in [0.25, 0.3) is 0 Å². The first-order valence-electron chi connectivity index (χ1n) is 27.9. The Kier molecular flexibility index (Phi) is 18.8. The van der Waals surface area contributed by atoms with Crippen molar-refractivity contribution < 1.29 is 120 Å². The fourth-order valence-electron chi connectivity index (χ4n) is 16.7. The van der Waals surface area contributed by atoms with Gasteiger partial charge in [-0.1, -0.05) is 48.1 Å². The number of ether oxygens (including phenoxy) is 8. The van der Waals surface area contributed by atoms with Crippen molar-refractivity contribution in [1.29, 1.82) is 0 Å². The standard InChI is InChI=1S/C54H92O24/c1-23(2)25(78-69)10-15-54(9,77-47-42(68)38(64)36(62)29(74-47)22-70-45-40(66)35(61)28(21-57)71-45)53(8)17-16-52(7)44(53)24(58)18-31-50(5)13-12-32(49(3,4)30(50)11-14-51(31,52)6)75-48-43(39(65)34(60)27(20-56)73-48)76-46-41(67)37(63)33(59)26(19-55)72-46/h24-48,55-69H,1,10-22H2,2-9H3. The van der Waals surface area contributed by atoms with E-state index in [1.54, 1.807) is 6.92 Å². The zero-order valence-corrected chi connectivity index (χ0v) is 46.2. The molecule has 4 heterocycles. The number of hydrogen-bond acceptors (Lipinski definition) is 24. The zero-order chi connectivity index (χ0) is 57.6. The van der Waals surface area contributed by atoms with Crippen molar-refractivity contribution in [2.45, 2.75) is 254 Å². The largest absolute Gasteiger partial charge is 0.394 e. The Morgan fingerprint density at radius 1 is 0.590 bits per heavy atom. The Morgan fingerprint density at radius 2 is 1.12 bits per heavy atom. The molecule has 24 nitrogen and oxygen atoms in total. The molecule has 0 radical (unpaired) electrons. The van der Waals surface area contributed by atoms with E-state index in [9.17, 15) is 76.7 Å². The monoisotopic (exact) mass is 1120 g/mol. The topological polar surface area (TPSA) is 387 Å². The molecule has 0 aromatic heterocycles. The van der Waals surface area contributed by atoms with Crippen LogP contribution in [-0.2, 0) is 42.8 Å². The zero-order valence-electron chi connectivity index (χ0n) is 46.2. The molecule has 0 aromatic carbocycles. The minimum atomic E-state index is -1.83. The molecule has 78 heavy (non-hydrogen) atoms. The highest BCUT2D eigenvalue weighted by Crippen LogP contribution is 2.78. The quantitative estimate of drug-likeness (QED) is 0.0315. The van der Waals surface area contributed by atoms with E-state index in [0.717, 1.165) is 12.8 Å². The highest BCUT2D eigenvalue weighted by Gasteiger charge is 2.75. The highest BCUT2D eigenvalue weighted by molar-refractivity contribution is 5.23. The summed E-state index contributed by atoms with van der Waals surface area (Å²) in [6.07, 6.45) is -27.3. The molecule has 4 saturated carbocycles. The van der Waals surface area contributed by atoms with Crippen LogP contribution in [0.3, 0.4) is 0 Å². The van der Waals surface area contributed by atoms with Crippen molar-refractivity contribution in [3.63, 3.8) is 0 Å². The molecule has 8 rings (SSSR count). The van der Waals surface area contributed by atoms with Crippen molar-refractivity contribution in [3.05, 3.63) is 12.2 Å². The second-order valence-corrected chi connectivity index (χ2v) is 26.1. The molecular weight excluding hydrogens is 1030 g/mol. The molecule has 30 atom stereocenters. The summed E-state index contributed by atoms with van der Waals surface area (Å²) in [5, 5.41) is 162. The lowest BCUT2D eigenvalue weighted by molar-refractivity contribution is -0.378. The second-order valence-electron chi connectivity index (χ2n) is 26.1. The third kappa shape index (κ3) is 10.4. The number of aliphatic hydroxyl groups excluding tert-OH is 14. The van der Waals surface area contributed by atoms with E-state index in [0.29, 0.717) is 37.7 Å². The van der Waals surface area contributed by atoms with Gasteiger partial charge in [-0.3, -0.25) is 5.26 Å². The van der Waals surface area contributed by atoms with Crippen LogP contribution < -0.4 is 0 Å². The van der Waals surface area contributed by atoms with Gasteiger partial charge in [0.2, 0.25) is 0 Å². The lowest BCUT2D eigenvalue weighted by Crippen LogP contribution is -2.69. The van der Waals surface area contributed by atoms with Gasteiger partial charge in [0, 0.05) is 5.41 Å². The Morgan fingerprint density at radius 3 is 1.71 bits per heavy atom. The van der Waals surface area contributed by atoms with Crippen LogP contribution in [0.5, 0.6) is 0 Å². The fraction of sp³-hybridized carbons (Fsp3) is 0.963. The minimum Gasteiger partial charge on any atom is -0.394 e. The van der Waals surface area contributed by atoms with Gasteiger partial charge in [0.05, 0.1) is 44.2 Å². The summed E-state index contributed by atoms with van der Waals surface area (Å²) >= 11 is 0. The predicted octanol–water partition coefficient (Wildman–Crippen LogP) is -1.71. The maximum atomic E-state index is 13.0. The second kappa shape index (κ2) is 23.3. The van der Waals surface area contributed by atoms with Crippen molar-refractivity contribution in [2.24, 2.45) is 44.8 Å². The molecule has 4 saturated heterocycles. The Bertz CT molecular complexity index is 2040. The normalized spacial score (nSPS) is 52.4. The Balaban J connectivity index is 1.04. The average molecular weight is 1130 g/mol. The molecule has 4 aliphatic carbocycles. The summed E-state index contributed by atoms with van der Waals surface area (Å²) in [7, 11) is 0. The van der Waals surface area contributed by atoms with Gasteiger partial charge in [-0.05, 0) is 117 Å². The summed E-state index contributed by atoms with van der Waals surface area (Å²) in [6.45, 7) is 18.2. The van der Waals surface area contributed by atoms with Gasteiger partial charge in [0.25, 0.3) is 0 Å². The van der Waals surface area contributed by atoms with Gasteiger partial charge < -0.3 is 109 Å². The SMILES string of the molecule is C=C(C)C(CCC(C)(OC1OC(COC2OC(CO)C(O)C2O)C(O)C(O)C1O)C1(C)CCC2(C)C1C(O)CC1C3(C)CCC(OC4OC(CO)C(O)C(O)C4OC4OC(CO)C(O)C(O)C4O)C(C)(C)C3CCC12C)OO. The molecule has 24 heteroatoms. The molecule has 0 amide bonds. The summed E-state index contributed by atoms with van der Waals surface area (Å²) in [5.41, 5.74) is -3.54. The molecule has 8 aliphatic rings. The van der Waals surface area contributed by atoms with Gasteiger partial charge in [-0.2, -0.15) is 0 Å². The van der Waals surface area contributed by atoms with Crippen LogP contribution in [0.1, 0.15) is 113 Å². The van der Waals surface area contributed by atoms with E-state index >= 15 is 0 Å². The number of fused-ring (bicyclic) bond motifs is 5. The van der Waals surface area contributed by atoms with Crippen LogP contribution in [0.2, 0.25) is 0 Å². The lowest BCUT2D eigenvalue weighted by Gasteiger charge is -2.71. The molecule has 0 spiro atoms. The summed E-state index contributed by atoms with van der Waals surface area (Å²) in [5.74, 6) is -0.444. The van der Waals surface area contributed by atoms with Crippen molar-refractivity contribution >= 4 is 0 Å². The molecule has 30 unspecified atom stereocenters. The Labute approximate surface area is 455 Å². The van der Waals surface area contributed by atoms with Crippen LogP contribution in [0.15, 0.2) is 12.2 Å². The molecule has 0 aromatic rings. The Hall–Kier alpha value is -1.22. The first-order valence-corrected chi connectivity index (χ1v) is 27.9. The van der Waals surface area contributed by atoms with Gasteiger partial charge >= 0.3 is 0 Å². The highest BCUT2D eigenvalue weighted by atomic mass is 17.1. The summed E-state index contributed by atoms with van der Waals surface area (Å²) in [6, 6.07) is 0. The summed E-state index contributed by atoms with van der Waals surface area (Å²) in [4.78, 5) is 4.88. The number of hydrogen-bond donors (Lipinski definition) is 15.